The van der Waals surface area contributed by atoms with Crippen LogP contribution < -0.4 is 20.5 Å². The molecule has 0 spiro atoms. The number of nitrogens with two attached hydrogens (primary N) is 1. The van der Waals surface area contributed by atoms with Crippen molar-refractivity contribution in [1.29, 1.82) is 0 Å². The molecule has 0 saturated carbocycles. The minimum absolute atomic E-state index is 0.0661. The van der Waals surface area contributed by atoms with Crippen LogP contribution in [-0.2, 0) is 4.79 Å². The highest BCUT2D eigenvalue weighted by atomic mass is 19.1. The fourth-order valence-corrected chi connectivity index (χ4v) is 5.57. The number of hydrogen-bond donors (Lipinski definition) is 3. The Morgan fingerprint density at radius 2 is 1.89 bits per heavy atom. The highest BCUT2D eigenvalue weighted by Gasteiger charge is 2.43. The van der Waals surface area contributed by atoms with Gasteiger partial charge in [0, 0.05) is 23.1 Å². The standard InChI is InChI=1S/C28H33FN4O5/c1-4-28(5-2)14-23(34)33(26(30)32-28)20-10-11-37-21-8-6-16(12-18(20)21)25(35)31-24-19-13-17(29)7-9-22(19)38-15-27(24,3)36/h6-9,12-13,20,24,36H,4-5,10-11,14-15H2,1-3H3,(H2,30,32)(H,31,35)/t20-,24?,27?/m1/s1. The van der Waals surface area contributed by atoms with Gasteiger partial charge in [-0.25, -0.2) is 9.38 Å². The molecule has 9 nitrogen and oxygen atoms in total. The number of hydrogen-bond acceptors (Lipinski definition) is 7. The number of benzene rings is 2. The lowest BCUT2D eigenvalue weighted by atomic mass is 9.86. The molecule has 5 rings (SSSR count). The van der Waals surface area contributed by atoms with Crippen molar-refractivity contribution in [1.82, 2.24) is 10.2 Å². The van der Waals surface area contributed by atoms with Gasteiger partial charge in [-0.3, -0.25) is 14.5 Å². The Morgan fingerprint density at radius 3 is 2.61 bits per heavy atom. The summed E-state index contributed by atoms with van der Waals surface area (Å²) in [5.41, 5.74) is 5.70. The largest absolute Gasteiger partial charge is 0.493 e. The van der Waals surface area contributed by atoms with Crippen LogP contribution in [0.4, 0.5) is 4.39 Å². The first-order chi connectivity index (χ1) is 18.1. The maximum atomic E-state index is 14.0. The average molecular weight is 525 g/mol. The lowest BCUT2D eigenvalue weighted by molar-refractivity contribution is -0.132. The minimum atomic E-state index is -1.47. The number of aliphatic imine (C=N–C) groups is 1. The zero-order chi connectivity index (χ0) is 27.2. The zero-order valence-corrected chi connectivity index (χ0v) is 21.8. The first-order valence-electron chi connectivity index (χ1n) is 13.0. The Balaban J connectivity index is 1.46. The van der Waals surface area contributed by atoms with Crippen LogP contribution in [0.3, 0.4) is 0 Å². The highest BCUT2D eigenvalue weighted by molar-refractivity contribution is 6.00. The topological polar surface area (TPSA) is 126 Å². The smallest absolute Gasteiger partial charge is 0.251 e. The van der Waals surface area contributed by atoms with Gasteiger partial charge in [-0.2, -0.15) is 0 Å². The van der Waals surface area contributed by atoms with Gasteiger partial charge in [-0.05, 0) is 56.2 Å². The van der Waals surface area contributed by atoms with E-state index in [-0.39, 0.29) is 24.9 Å². The quantitative estimate of drug-likeness (QED) is 0.551. The van der Waals surface area contributed by atoms with E-state index >= 15 is 0 Å². The summed E-state index contributed by atoms with van der Waals surface area (Å²) >= 11 is 0. The Morgan fingerprint density at radius 1 is 1.18 bits per heavy atom. The maximum Gasteiger partial charge on any atom is 0.251 e. The van der Waals surface area contributed by atoms with E-state index < -0.39 is 34.9 Å². The molecule has 3 atom stereocenters. The number of ether oxygens (including phenoxy) is 2. The van der Waals surface area contributed by atoms with Gasteiger partial charge in [-0.15, -0.1) is 0 Å². The van der Waals surface area contributed by atoms with Crippen LogP contribution in [0, 0.1) is 5.82 Å². The SMILES string of the molecule is CCC1(CC)CC(=O)N([C@@H]2CCOc3ccc(C(=O)NC4c5cc(F)ccc5OCC4(C)O)cc32)C(N)=N1. The van der Waals surface area contributed by atoms with Crippen molar-refractivity contribution >= 4 is 17.8 Å². The number of halogens is 1. The third kappa shape index (κ3) is 4.47. The molecule has 0 fully saturated rings. The molecule has 2 amide bonds. The molecule has 3 heterocycles. The van der Waals surface area contributed by atoms with E-state index in [9.17, 15) is 19.1 Å². The van der Waals surface area contributed by atoms with Crippen LogP contribution in [0.25, 0.3) is 0 Å². The molecule has 4 N–H and O–H groups in total. The second-order valence-electron chi connectivity index (χ2n) is 10.5. The van der Waals surface area contributed by atoms with Crippen molar-refractivity contribution in [2.75, 3.05) is 13.2 Å². The fraction of sp³-hybridized carbons (Fsp3) is 0.464. The Hall–Kier alpha value is -3.66. The highest BCUT2D eigenvalue weighted by Crippen LogP contribution is 2.41. The van der Waals surface area contributed by atoms with E-state index in [4.69, 9.17) is 20.2 Å². The van der Waals surface area contributed by atoms with Gasteiger partial charge in [-0.1, -0.05) is 13.8 Å². The summed E-state index contributed by atoms with van der Waals surface area (Å²) < 4.78 is 25.4. The molecule has 0 bridgehead atoms. The number of nitrogens with zero attached hydrogens (tertiary/aromatic N) is 2. The molecule has 2 unspecified atom stereocenters. The third-order valence-corrected chi connectivity index (χ3v) is 7.96. The van der Waals surface area contributed by atoms with E-state index in [1.165, 1.54) is 30.0 Å². The minimum Gasteiger partial charge on any atom is -0.493 e. The molecule has 202 valence electrons. The first-order valence-corrected chi connectivity index (χ1v) is 13.0. The van der Waals surface area contributed by atoms with E-state index in [0.29, 0.717) is 54.1 Å². The second kappa shape index (κ2) is 9.58. The molecule has 3 aliphatic heterocycles. The molecule has 2 aromatic rings. The average Bonchev–Trinajstić information content (AvgIpc) is 2.89. The molecule has 0 saturated heterocycles. The van der Waals surface area contributed by atoms with Gasteiger partial charge >= 0.3 is 0 Å². The van der Waals surface area contributed by atoms with E-state index in [2.05, 4.69) is 5.32 Å². The number of aliphatic hydroxyl groups is 1. The van der Waals surface area contributed by atoms with Crippen molar-refractivity contribution in [3.8, 4) is 11.5 Å². The zero-order valence-electron chi connectivity index (χ0n) is 21.8. The van der Waals surface area contributed by atoms with Crippen LogP contribution in [0.5, 0.6) is 11.5 Å². The Bertz CT molecular complexity index is 1310. The number of rotatable bonds is 5. The molecule has 2 aromatic carbocycles. The number of fused-ring (bicyclic) bond motifs is 2. The number of carbonyl (C=O) groups excluding carboxylic acids is 2. The van der Waals surface area contributed by atoms with Gasteiger partial charge < -0.3 is 25.6 Å². The molecule has 0 radical (unpaired) electrons. The first kappa shape index (κ1) is 26.0. The van der Waals surface area contributed by atoms with Crippen LogP contribution >= 0.6 is 0 Å². The molecule has 0 aromatic heterocycles. The molecular formula is C28H33FN4O5. The molecular weight excluding hydrogens is 491 g/mol. The summed E-state index contributed by atoms with van der Waals surface area (Å²) in [6.45, 7) is 5.85. The third-order valence-electron chi connectivity index (χ3n) is 7.96. The lowest BCUT2D eigenvalue weighted by Crippen LogP contribution is -2.53. The van der Waals surface area contributed by atoms with E-state index in [1.54, 1.807) is 18.2 Å². The molecule has 0 aliphatic carbocycles. The van der Waals surface area contributed by atoms with Crippen molar-refractivity contribution < 1.29 is 28.6 Å². The summed E-state index contributed by atoms with van der Waals surface area (Å²) in [6.07, 6.45) is 2.18. The van der Waals surface area contributed by atoms with Crippen molar-refractivity contribution in [3.05, 3.63) is 58.9 Å². The van der Waals surface area contributed by atoms with Gasteiger partial charge in [0.1, 0.15) is 29.5 Å². The lowest BCUT2D eigenvalue weighted by Gasteiger charge is -2.41. The monoisotopic (exact) mass is 524 g/mol. The second-order valence-corrected chi connectivity index (χ2v) is 10.5. The molecule has 38 heavy (non-hydrogen) atoms. The Kier molecular flexibility index (Phi) is 6.54. The number of guanidine groups is 1. The normalized spacial score (nSPS) is 25.9. The summed E-state index contributed by atoms with van der Waals surface area (Å²) in [6, 6.07) is 7.65. The van der Waals surface area contributed by atoms with Gasteiger partial charge in [0.15, 0.2) is 5.96 Å². The molecule has 3 aliphatic rings. The number of carbonyl (C=O) groups is 2. The summed E-state index contributed by atoms with van der Waals surface area (Å²) in [7, 11) is 0. The summed E-state index contributed by atoms with van der Waals surface area (Å²) in [4.78, 5) is 33.0. The van der Waals surface area contributed by atoms with Crippen LogP contribution in [0.2, 0.25) is 0 Å². The predicted octanol–water partition coefficient (Wildman–Crippen LogP) is 3.37. The van der Waals surface area contributed by atoms with Crippen molar-refractivity contribution in [3.63, 3.8) is 0 Å². The summed E-state index contributed by atoms with van der Waals surface area (Å²) in [5.74, 6) is 0.0589. The predicted molar refractivity (Wildman–Crippen MR) is 138 cm³/mol. The van der Waals surface area contributed by atoms with Gasteiger partial charge in [0.25, 0.3) is 5.91 Å². The van der Waals surface area contributed by atoms with E-state index in [0.717, 1.165) is 0 Å². The van der Waals surface area contributed by atoms with Gasteiger partial charge in [0.05, 0.1) is 30.7 Å². The number of amides is 2. The summed E-state index contributed by atoms with van der Waals surface area (Å²) in [5, 5.41) is 13.8. The Labute approximate surface area is 220 Å². The van der Waals surface area contributed by atoms with Gasteiger partial charge in [0.2, 0.25) is 5.91 Å². The number of nitrogens with one attached hydrogen (secondary N) is 1. The maximum absolute atomic E-state index is 14.0. The van der Waals surface area contributed by atoms with Crippen molar-refractivity contribution in [2.45, 2.75) is 69.7 Å². The van der Waals surface area contributed by atoms with E-state index in [1.807, 2.05) is 13.8 Å². The van der Waals surface area contributed by atoms with Crippen molar-refractivity contribution in [2.24, 2.45) is 10.7 Å². The van der Waals surface area contributed by atoms with Crippen LogP contribution in [-0.4, -0.2) is 52.1 Å². The van der Waals surface area contributed by atoms with Crippen LogP contribution in [0.15, 0.2) is 41.4 Å². The molecule has 10 heteroatoms. The fourth-order valence-electron chi connectivity index (χ4n) is 5.57. The van der Waals surface area contributed by atoms with Crippen LogP contribution in [0.1, 0.15) is 80.0 Å².